The Morgan fingerprint density at radius 3 is 2.53 bits per heavy atom. The Morgan fingerprint density at radius 1 is 1.26 bits per heavy atom. The van der Waals surface area contributed by atoms with Crippen molar-refractivity contribution in [3.05, 3.63) is 11.9 Å². The molecule has 4 heteroatoms. The minimum absolute atomic E-state index is 0.297. The minimum atomic E-state index is 0.297. The van der Waals surface area contributed by atoms with Crippen LogP contribution in [0.4, 0.5) is 5.95 Å². The number of imidazole rings is 1. The molecule has 1 aromatic heterocycles. The van der Waals surface area contributed by atoms with E-state index >= 15 is 0 Å². The molecule has 0 spiro atoms. The van der Waals surface area contributed by atoms with E-state index in [0.717, 1.165) is 17.6 Å². The zero-order valence-corrected chi connectivity index (χ0v) is 13.2. The lowest BCUT2D eigenvalue weighted by atomic mass is 10.0. The van der Waals surface area contributed by atoms with E-state index in [9.17, 15) is 0 Å². The molecule has 110 valence electrons. The van der Waals surface area contributed by atoms with Crippen molar-refractivity contribution in [2.75, 3.05) is 19.0 Å². The van der Waals surface area contributed by atoms with Gasteiger partial charge in [0.1, 0.15) is 0 Å². The third-order valence-corrected chi connectivity index (χ3v) is 3.29. The van der Waals surface area contributed by atoms with Gasteiger partial charge in [-0.15, -0.1) is 0 Å². The normalized spacial score (nSPS) is 14.7. The maximum absolute atomic E-state index is 5.23. The zero-order valence-electron chi connectivity index (χ0n) is 13.2. The number of aromatic nitrogens is 2. The van der Waals surface area contributed by atoms with Crippen molar-refractivity contribution < 1.29 is 4.74 Å². The van der Waals surface area contributed by atoms with Gasteiger partial charge in [-0.3, -0.25) is 0 Å². The standard InChI is InChI=1S/C15H29N3O/c1-11(2)7-8-12(3)16-15-17-13(4)9-18(15)14(5)10-19-6/h9,11-12,14H,7-8,10H2,1-6H3,(H,16,17). The predicted molar refractivity (Wildman–Crippen MR) is 80.7 cm³/mol. The van der Waals surface area contributed by atoms with Crippen molar-refractivity contribution in [2.24, 2.45) is 5.92 Å². The monoisotopic (exact) mass is 267 g/mol. The molecule has 0 bridgehead atoms. The van der Waals surface area contributed by atoms with E-state index < -0.39 is 0 Å². The van der Waals surface area contributed by atoms with E-state index in [2.05, 4.69) is 48.8 Å². The first-order chi connectivity index (χ1) is 8.93. The van der Waals surface area contributed by atoms with Crippen molar-refractivity contribution >= 4 is 5.95 Å². The van der Waals surface area contributed by atoms with Gasteiger partial charge in [-0.25, -0.2) is 4.98 Å². The molecular formula is C15H29N3O. The fraction of sp³-hybridized carbons (Fsp3) is 0.800. The number of nitrogens with zero attached hydrogens (tertiary/aromatic N) is 2. The Labute approximate surface area is 117 Å². The number of rotatable bonds is 8. The fourth-order valence-corrected chi connectivity index (χ4v) is 2.16. The first kappa shape index (κ1) is 16.0. The van der Waals surface area contributed by atoms with Crippen LogP contribution in [0.15, 0.2) is 6.20 Å². The highest BCUT2D eigenvalue weighted by Crippen LogP contribution is 2.18. The van der Waals surface area contributed by atoms with Gasteiger partial charge in [0.15, 0.2) is 0 Å². The number of hydrogen-bond donors (Lipinski definition) is 1. The summed E-state index contributed by atoms with van der Waals surface area (Å²) in [6, 6.07) is 0.740. The number of anilines is 1. The second kappa shape index (κ2) is 7.53. The van der Waals surface area contributed by atoms with Gasteiger partial charge in [0.05, 0.1) is 18.3 Å². The molecule has 0 aliphatic carbocycles. The summed E-state index contributed by atoms with van der Waals surface area (Å²) in [5.41, 5.74) is 1.04. The molecule has 1 N–H and O–H groups in total. The Balaban J connectivity index is 2.66. The van der Waals surface area contributed by atoms with Crippen LogP contribution in [0, 0.1) is 12.8 Å². The molecule has 0 saturated carbocycles. The van der Waals surface area contributed by atoms with E-state index in [0.29, 0.717) is 18.7 Å². The van der Waals surface area contributed by atoms with Crippen molar-refractivity contribution in [2.45, 2.75) is 59.5 Å². The molecule has 4 nitrogen and oxygen atoms in total. The van der Waals surface area contributed by atoms with Gasteiger partial charge in [-0.2, -0.15) is 0 Å². The average Bonchev–Trinajstić information content (AvgIpc) is 2.68. The Bertz CT molecular complexity index is 373. The Kier molecular flexibility index (Phi) is 6.35. The van der Waals surface area contributed by atoms with E-state index in [1.165, 1.54) is 12.8 Å². The van der Waals surface area contributed by atoms with Crippen LogP contribution in [0.3, 0.4) is 0 Å². The molecule has 1 heterocycles. The van der Waals surface area contributed by atoms with E-state index in [1.54, 1.807) is 7.11 Å². The molecule has 0 aliphatic rings. The van der Waals surface area contributed by atoms with E-state index in [-0.39, 0.29) is 0 Å². The Hall–Kier alpha value is -1.03. The lowest BCUT2D eigenvalue weighted by Gasteiger charge is -2.20. The lowest BCUT2D eigenvalue weighted by Crippen LogP contribution is -2.21. The minimum Gasteiger partial charge on any atom is -0.383 e. The van der Waals surface area contributed by atoms with Crippen LogP contribution in [0.1, 0.15) is 52.3 Å². The summed E-state index contributed by atoms with van der Waals surface area (Å²) in [7, 11) is 1.73. The van der Waals surface area contributed by atoms with Crippen molar-refractivity contribution in [3.8, 4) is 0 Å². The highest BCUT2D eigenvalue weighted by molar-refractivity contribution is 5.30. The highest BCUT2D eigenvalue weighted by Gasteiger charge is 2.13. The molecule has 0 saturated heterocycles. The summed E-state index contributed by atoms with van der Waals surface area (Å²) in [4.78, 5) is 4.58. The fourth-order valence-electron chi connectivity index (χ4n) is 2.16. The quantitative estimate of drug-likeness (QED) is 0.781. The predicted octanol–water partition coefficient (Wildman–Crippen LogP) is 3.64. The van der Waals surface area contributed by atoms with Gasteiger partial charge >= 0.3 is 0 Å². The summed E-state index contributed by atoms with van der Waals surface area (Å²) in [5.74, 6) is 1.71. The molecule has 0 aromatic carbocycles. The van der Waals surface area contributed by atoms with E-state index in [1.807, 2.05) is 6.92 Å². The summed E-state index contributed by atoms with van der Waals surface area (Å²) in [6.07, 6.45) is 4.49. The molecule has 19 heavy (non-hydrogen) atoms. The highest BCUT2D eigenvalue weighted by atomic mass is 16.5. The van der Waals surface area contributed by atoms with Gasteiger partial charge in [0, 0.05) is 19.3 Å². The summed E-state index contributed by atoms with van der Waals surface area (Å²) < 4.78 is 7.40. The third-order valence-electron chi connectivity index (χ3n) is 3.29. The van der Waals surface area contributed by atoms with Crippen LogP contribution < -0.4 is 5.32 Å². The van der Waals surface area contributed by atoms with Gasteiger partial charge in [0.25, 0.3) is 0 Å². The number of hydrogen-bond acceptors (Lipinski definition) is 3. The summed E-state index contributed by atoms with van der Waals surface area (Å²) in [5, 5.41) is 3.52. The third kappa shape index (κ3) is 5.23. The Morgan fingerprint density at radius 2 is 1.95 bits per heavy atom. The van der Waals surface area contributed by atoms with Crippen LogP contribution in [0.2, 0.25) is 0 Å². The van der Waals surface area contributed by atoms with Crippen LogP contribution in [-0.4, -0.2) is 29.3 Å². The molecule has 2 atom stereocenters. The average molecular weight is 267 g/mol. The number of ether oxygens (including phenoxy) is 1. The lowest BCUT2D eigenvalue weighted by molar-refractivity contribution is 0.163. The second-order valence-corrected chi connectivity index (χ2v) is 5.93. The van der Waals surface area contributed by atoms with Crippen LogP contribution >= 0.6 is 0 Å². The molecule has 0 amide bonds. The number of nitrogens with one attached hydrogen (secondary N) is 1. The molecule has 0 fully saturated rings. The van der Waals surface area contributed by atoms with Gasteiger partial charge < -0.3 is 14.6 Å². The van der Waals surface area contributed by atoms with Crippen LogP contribution in [-0.2, 0) is 4.74 Å². The van der Waals surface area contributed by atoms with Gasteiger partial charge in [-0.05, 0) is 39.5 Å². The van der Waals surface area contributed by atoms with Crippen molar-refractivity contribution in [3.63, 3.8) is 0 Å². The summed E-state index contributed by atoms with van der Waals surface area (Å²) in [6.45, 7) is 11.6. The zero-order chi connectivity index (χ0) is 14.4. The number of methoxy groups -OCH3 is 1. The molecule has 0 radical (unpaired) electrons. The maximum Gasteiger partial charge on any atom is 0.203 e. The first-order valence-corrected chi connectivity index (χ1v) is 7.25. The maximum atomic E-state index is 5.23. The van der Waals surface area contributed by atoms with E-state index in [4.69, 9.17) is 4.74 Å². The first-order valence-electron chi connectivity index (χ1n) is 7.25. The summed E-state index contributed by atoms with van der Waals surface area (Å²) >= 11 is 0. The molecule has 2 unspecified atom stereocenters. The molecule has 0 aliphatic heterocycles. The van der Waals surface area contributed by atoms with Crippen LogP contribution in [0.5, 0.6) is 0 Å². The largest absolute Gasteiger partial charge is 0.383 e. The van der Waals surface area contributed by atoms with Crippen LogP contribution in [0.25, 0.3) is 0 Å². The topological polar surface area (TPSA) is 39.1 Å². The smallest absolute Gasteiger partial charge is 0.203 e. The molecule has 1 rings (SSSR count). The molecule has 1 aromatic rings. The van der Waals surface area contributed by atoms with Gasteiger partial charge in [-0.1, -0.05) is 13.8 Å². The van der Waals surface area contributed by atoms with Gasteiger partial charge in [0.2, 0.25) is 5.95 Å². The molecular weight excluding hydrogens is 238 g/mol. The van der Waals surface area contributed by atoms with Crippen molar-refractivity contribution in [1.82, 2.24) is 9.55 Å². The number of aryl methyl sites for hydroxylation is 1. The second-order valence-electron chi connectivity index (χ2n) is 5.93. The van der Waals surface area contributed by atoms with Crippen molar-refractivity contribution in [1.29, 1.82) is 0 Å². The SMILES string of the molecule is COCC(C)n1cc(C)nc1NC(C)CCC(C)C.